The fourth-order valence-corrected chi connectivity index (χ4v) is 4.32. The van der Waals surface area contributed by atoms with Gasteiger partial charge < -0.3 is 15.0 Å². The molecular weight excluding hydrogens is 398 g/mol. The van der Waals surface area contributed by atoms with Crippen molar-refractivity contribution in [2.45, 2.75) is 13.0 Å². The Bertz CT molecular complexity index is 1050. The molecule has 28 heavy (non-hydrogen) atoms. The number of amides is 2. The fourth-order valence-electron chi connectivity index (χ4n) is 3.23. The lowest BCUT2D eigenvalue weighted by Gasteiger charge is -2.17. The second-order valence-electron chi connectivity index (χ2n) is 6.61. The minimum absolute atomic E-state index is 0.0471. The number of benzene rings is 2. The highest BCUT2D eigenvalue weighted by Crippen LogP contribution is 2.30. The Morgan fingerprint density at radius 3 is 2.96 bits per heavy atom. The van der Waals surface area contributed by atoms with Gasteiger partial charge in [-0.25, -0.2) is 4.98 Å². The zero-order valence-electron chi connectivity index (χ0n) is 15.1. The van der Waals surface area contributed by atoms with Gasteiger partial charge in [-0.1, -0.05) is 41.1 Å². The number of aromatic nitrogens is 1. The molecule has 1 aromatic heterocycles. The molecule has 1 aliphatic rings. The number of rotatable bonds is 5. The van der Waals surface area contributed by atoms with E-state index in [9.17, 15) is 9.59 Å². The molecule has 0 aliphatic carbocycles. The lowest BCUT2D eigenvalue weighted by Crippen LogP contribution is -2.28. The van der Waals surface area contributed by atoms with Crippen LogP contribution in [0.4, 0.5) is 5.13 Å². The number of carbonyl (C=O) groups is 2. The Hall–Kier alpha value is -2.64. The van der Waals surface area contributed by atoms with Crippen LogP contribution in [-0.4, -0.2) is 35.4 Å². The number of methoxy groups -OCH3 is 1. The third kappa shape index (κ3) is 3.81. The van der Waals surface area contributed by atoms with Crippen molar-refractivity contribution >= 4 is 50.1 Å². The van der Waals surface area contributed by atoms with E-state index >= 15 is 0 Å². The van der Waals surface area contributed by atoms with E-state index in [4.69, 9.17) is 16.3 Å². The molecule has 4 rings (SSSR count). The van der Waals surface area contributed by atoms with Crippen LogP contribution in [0.15, 0.2) is 42.5 Å². The first kappa shape index (κ1) is 18.7. The molecule has 0 saturated carbocycles. The van der Waals surface area contributed by atoms with E-state index in [1.807, 2.05) is 36.4 Å². The van der Waals surface area contributed by atoms with Gasteiger partial charge in [0.05, 0.1) is 23.2 Å². The second kappa shape index (κ2) is 7.77. The largest absolute Gasteiger partial charge is 0.497 e. The molecule has 0 bridgehead atoms. The van der Waals surface area contributed by atoms with Crippen LogP contribution < -0.4 is 10.1 Å². The maximum absolute atomic E-state index is 12.7. The van der Waals surface area contributed by atoms with Crippen molar-refractivity contribution in [1.29, 1.82) is 0 Å². The highest BCUT2D eigenvalue weighted by atomic mass is 35.5. The van der Waals surface area contributed by atoms with E-state index in [-0.39, 0.29) is 18.2 Å². The van der Waals surface area contributed by atoms with Gasteiger partial charge in [0.25, 0.3) is 0 Å². The summed E-state index contributed by atoms with van der Waals surface area (Å²) in [4.78, 5) is 31.1. The summed E-state index contributed by atoms with van der Waals surface area (Å²) < 4.78 is 6.14. The predicted molar refractivity (Wildman–Crippen MR) is 110 cm³/mol. The van der Waals surface area contributed by atoms with Crippen molar-refractivity contribution in [3.8, 4) is 5.75 Å². The average molecular weight is 416 g/mol. The Morgan fingerprint density at radius 2 is 2.18 bits per heavy atom. The van der Waals surface area contributed by atoms with Gasteiger partial charge in [0.15, 0.2) is 5.13 Å². The Kier molecular flexibility index (Phi) is 5.19. The van der Waals surface area contributed by atoms with Crippen molar-refractivity contribution in [2.24, 2.45) is 5.92 Å². The van der Waals surface area contributed by atoms with Gasteiger partial charge in [-0.05, 0) is 29.8 Å². The first-order valence-corrected chi connectivity index (χ1v) is 9.99. The van der Waals surface area contributed by atoms with E-state index in [1.165, 1.54) is 11.3 Å². The van der Waals surface area contributed by atoms with Crippen LogP contribution in [0.5, 0.6) is 5.75 Å². The molecule has 0 radical (unpaired) electrons. The summed E-state index contributed by atoms with van der Waals surface area (Å²) in [5.74, 6) is 0.0947. The van der Waals surface area contributed by atoms with Gasteiger partial charge in [0.2, 0.25) is 11.8 Å². The molecule has 1 N–H and O–H groups in total. The molecule has 3 aromatic rings. The maximum Gasteiger partial charge on any atom is 0.231 e. The zero-order chi connectivity index (χ0) is 19.7. The number of anilines is 1. The summed E-state index contributed by atoms with van der Waals surface area (Å²) in [7, 11) is 1.61. The number of hydrogen-bond acceptors (Lipinski definition) is 5. The van der Waals surface area contributed by atoms with E-state index in [0.717, 1.165) is 21.5 Å². The third-order valence-corrected chi connectivity index (χ3v) is 6.03. The van der Waals surface area contributed by atoms with Crippen LogP contribution in [0.1, 0.15) is 12.0 Å². The number of thiazole rings is 1. The van der Waals surface area contributed by atoms with E-state index in [1.54, 1.807) is 18.1 Å². The smallest absolute Gasteiger partial charge is 0.231 e. The predicted octanol–water partition coefficient (Wildman–Crippen LogP) is 3.95. The molecule has 1 fully saturated rings. The summed E-state index contributed by atoms with van der Waals surface area (Å²) in [5.41, 5.74) is 1.67. The molecule has 1 atom stereocenters. The highest BCUT2D eigenvalue weighted by Gasteiger charge is 2.34. The number of carbonyl (C=O) groups excluding carboxylic acids is 2. The molecule has 2 heterocycles. The molecule has 2 aromatic carbocycles. The number of fused-ring (bicyclic) bond motifs is 1. The van der Waals surface area contributed by atoms with Crippen molar-refractivity contribution in [2.75, 3.05) is 19.0 Å². The van der Waals surface area contributed by atoms with Crippen LogP contribution in [0, 0.1) is 5.92 Å². The van der Waals surface area contributed by atoms with Crippen molar-refractivity contribution in [3.63, 3.8) is 0 Å². The number of halogens is 1. The number of ether oxygens (including phenoxy) is 1. The molecule has 144 valence electrons. The molecule has 1 unspecified atom stereocenters. The quantitative estimate of drug-likeness (QED) is 0.685. The first-order chi connectivity index (χ1) is 13.5. The number of nitrogens with one attached hydrogen (secondary N) is 1. The molecule has 1 aliphatic heterocycles. The molecule has 1 saturated heterocycles. The van der Waals surface area contributed by atoms with Crippen LogP contribution in [-0.2, 0) is 16.1 Å². The fraction of sp³-hybridized carbons (Fsp3) is 0.250. The Labute approximate surface area is 171 Å². The molecular formula is C20H18ClN3O3S. The minimum atomic E-state index is -0.406. The van der Waals surface area contributed by atoms with Crippen LogP contribution in [0.2, 0.25) is 5.02 Å². The van der Waals surface area contributed by atoms with Crippen molar-refractivity contribution in [3.05, 3.63) is 53.1 Å². The van der Waals surface area contributed by atoms with Gasteiger partial charge in [-0.2, -0.15) is 0 Å². The molecule has 2 amide bonds. The summed E-state index contributed by atoms with van der Waals surface area (Å²) in [5, 5.41) is 3.99. The standard InChI is InChI=1S/C20H18ClN3O3S/c1-27-14-6-7-16-17(9-14)28-20(22-16)23-19(26)13-8-18(25)24(11-13)10-12-4-2-3-5-15(12)21/h2-7,9,13H,8,10-11H2,1H3,(H,22,23,26). The maximum atomic E-state index is 12.7. The minimum Gasteiger partial charge on any atom is -0.497 e. The van der Waals surface area contributed by atoms with Crippen LogP contribution in [0.25, 0.3) is 10.2 Å². The zero-order valence-corrected chi connectivity index (χ0v) is 16.7. The molecule has 0 spiro atoms. The average Bonchev–Trinajstić information content (AvgIpc) is 3.25. The van der Waals surface area contributed by atoms with Crippen molar-refractivity contribution < 1.29 is 14.3 Å². The van der Waals surface area contributed by atoms with Gasteiger partial charge in [0.1, 0.15) is 5.75 Å². The first-order valence-electron chi connectivity index (χ1n) is 8.80. The number of nitrogens with zero attached hydrogens (tertiary/aromatic N) is 2. The summed E-state index contributed by atoms with van der Waals surface area (Å²) in [6, 6.07) is 13.0. The Balaban J connectivity index is 1.43. The van der Waals surface area contributed by atoms with Gasteiger partial charge >= 0.3 is 0 Å². The lowest BCUT2D eigenvalue weighted by molar-refractivity contribution is -0.128. The topological polar surface area (TPSA) is 71.5 Å². The van der Waals surface area contributed by atoms with E-state index in [2.05, 4.69) is 10.3 Å². The molecule has 6 nitrogen and oxygen atoms in total. The lowest BCUT2D eigenvalue weighted by atomic mass is 10.1. The monoisotopic (exact) mass is 415 g/mol. The van der Waals surface area contributed by atoms with Crippen molar-refractivity contribution in [1.82, 2.24) is 9.88 Å². The SMILES string of the molecule is COc1ccc2nc(NC(=O)C3CC(=O)N(Cc4ccccc4Cl)C3)sc2c1. The van der Waals surface area contributed by atoms with Gasteiger partial charge in [0, 0.05) is 24.5 Å². The van der Waals surface area contributed by atoms with Gasteiger partial charge in [-0.15, -0.1) is 0 Å². The number of likely N-dealkylation sites (tertiary alicyclic amines) is 1. The second-order valence-corrected chi connectivity index (χ2v) is 8.05. The molecule has 8 heteroatoms. The summed E-state index contributed by atoms with van der Waals surface area (Å²) in [6.07, 6.45) is 0.189. The van der Waals surface area contributed by atoms with Gasteiger partial charge in [-0.3, -0.25) is 9.59 Å². The van der Waals surface area contributed by atoms with Crippen LogP contribution in [0.3, 0.4) is 0 Å². The summed E-state index contributed by atoms with van der Waals surface area (Å²) in [6.45, 7) is 0.776. The highest BCUT2D eigenvalue weighted by molar-refractivity contribution is 7.22. The third-order valence-electron chi connectivity index (χ3n) is 4.73. The number of hydrogen-bond donors (Lipinski definition) is 1. The summed E-state index contributed by atoms with van der Waals surface area (Å²) >= 11 is 7.56. The normalized spacial score (nSPS) is 16.6. The van der Waals surface area contributed by atoms with E-state index in [0.29, 0.717) is 23.2 Å². The Morgan fingerprint density at radius 1 is 1.36 bits per heavy atom. The van der Waals surface area contributed by atoms with Crippen LogP contribution >= 0.6 is 22.9 Å². The van der Waals surface area contributed by atoms with E-state index < -0.39 is 5.92 Å².